The second-order valence-electron chi connectivity index (χ2n) is 5.23. The normalized spacial score (nSPS) is 10.0. The summed E-state index contributed by atoms with van der Waals surface area (Å²) in [6, 6.07) is 10.6. The second-order valence-corrected chi connectivity index (χ2v) is 6.08. The molecule has 0 aliphatic rings. The molecule has 0 fully saturated rings. The van der Waals surface area contributed by atoms with E-state index in [2.05, 4.69) is 26.6 Å². The maximum atomic E-state index is 13.8. The average Bonchev–Trinajstić information content (AvgIpc) is 2.66. The summed E-state index contributed by atoms with van der Waals surface area (Å²) in [6.45, 7) is -0.957. The number of ether oxygens (including phenoxy) is 2. The van der Waals surface area contributed by atoms with Gasteiger partial charge in [0.2, 0.25) is 5.91 Å². The molecular formula is C18H16BrFN2O5. The molecule has 0 saturated carbocycles. The van der Waals surface area contributed by atoms with Gasteiger partial charge in [0, 0.05) is 10.5 Å². The van der Waals surface area contributed by atoms with Gasteiger partial charge < -0.3 is 20.1 Å². The first-order valence-electron chi connectivity index (χ1n) is 7.72. The third-order valence-electron chi connectivity index (χ3n) is 3.32. The Morgan fingerprint density at radius 3 is 2.52 bits per heavy atom. The lowest BCUT2D eigenvalue weighted by Crippen LogP contribution is -2.35. The number of methoxy groups -OCH3 is 1. The summed E-state index contributed by atoms with van der Waals surface area (Å²) in [6.07, 6.45) is 0. The van der Waals surface area contributed by atoms with Crippen molar-refractivity contribution >= 4 is 39.4 Å². The lowest BCUT2D eigenvalue weighted by atomic mass is 10.2. The zero-order valence-corrected chi connectivity index (χ0v) is 15.8. The fourth-order valence-corrected chi connectivity index (χ4v) is 2.37. The number of benzene rings is 2. The summed E-state index contributed by atoms with van der Waals surface area (Å²) >= 11 is 3.28. The Balaban J connectivity index is 1.78. The Bertz CT molecular complexity index is 859. The van der Waals surface area contributed by atoms with Crippen LogP contribution in [0.4, 0.5) is 10.1 Å². The highest BCUT2D eigenvalue weighted by Gasteiger charge is 2.16. The molecule has 0 radical (unpaired) electrons. The van der Waals surface area contributed by atoms with E-state index < -0.39 is 30.2 Å². The van der Waals surface area contributed by atoms with Crippen molar-refractivity contribution in [3.05, 3.63) is 58.3 Å². The molecule has 0 atom stereocenters. The predicted molar refractivity (Wildman–Crippen MR) is 99.0 cm³/mol. The number of amides is 2. The number of hydrogen-bond acceptors (Lipinski definition) is 5. The van der Waals surface area contributed by atoms with Gasteiger partial charge in [0.25, 0.3) is 5.91 Å². The molecule has 0 aliphatic heterocycles. The third kappa shape index (κ3) is 6.07. The minimum absolute atomic E-state index is 0.248. The quantitative estimate of drug-likeness (QED) is 0.647. The molecule has 0 aromatic heterocycles. The monoisotopic (exact) mass is 438 g/mol. The van der Waals surface area contributed by atoms with Crippen LogP contribution in [-0.2, 0) is 14.3 Å². The van der Waals surface area contributed by atoms with Gasteiger partial charge in [-0.15, -0.1) is 0 Å². The molecule has 2 amide bonds. The lowest BCUT2D eigenvalue weighted by Gasteiger charge is -2.09. The minimum atomic E-state index is -0.997. The number of carbonyl (C=O) groups excluding carboxylic acids is 3. The van der Waals surface area contributed by atoms with Crippen molar-refractivity contribution < 1.29 is 28.2 Å². The van der Waals surface area contributed by atoms with E-state index in [0.29, 0.717) is 10.2 Å². The van der Waals surface area contributed by atoms with E-state index in [0.717, 1.165) is 6.07 Å². The summed E-state index contributed by atoms with van der Waals surface area (Å²) < 4.78 is 24.0. The molecule has 2 aromatic rings. The van der Waals surface area contributed by atoms with Crippen molar-refractivity contribution in [1.29, 1.82) is 0 Å². The summed E-state index contributed by atoms with van der Waals surface area (Å²) in [5.74, 6) is -2.73. The van der Waals surface area contributed by atoms with Gasteiger partial charge in [0.05, 0.1) is 24.9 Å². The third-order valence-corrected chi connectivity index (χ3v) is 4.02. The first-order valence-corrected chi connectivity index (χ1v) is 8.51. The number of hydrogen-bond donors (Lipinski definition) is 2. The molecule has 0 unspecified atom stereocenters. The SMILES string of the molecule is COc1ccc(C(=O)OCC(=O)NCC(=O)Nc2ccccc2Br)c(F)c1. The van der Waals surface area contributed by atoms with Crippen LogP contribution in [0.1, 0.15) is 10.4 Å². The van der Waals surface area contributed by atoms with Gasteiger partial charge in [-0.2, -0.15) is 0 Å². The van der Waals surface area contributed by atoms with Crippen LogP contribution in [0.5, 0.6) is 5.75 Å². The molecular weight excluding hydrogens is 423 g/mol. The fourth-order valence-electron chi connectivity index (χ4n) is 1.98. The number of rotatable bonds is 7. The Kier molecular flexibility index (Phi) is 7.30. The van der Waals surface area contributed by atoms with Crippen molar-refractivity contribution in [2.45, 2.75) is 0 Å². The van der Waals surface area contributed by atoms with Gasteiger partial charge in [0.15, 0.2) is 6.61 Å². The average molecular weight is 439 g/mol. The van der Waals surface area contributed by atoms with Crippen LogP contribution in [-0.4, -0.2) is 38.0 Å². The van der Waals surface area contributed by atoms with Gasteiger partial charge >= 0.3 is 5.97 Å². The molecule has 0 bridgehead atoms. The predicted octanol–water partition coefficient (Wildman–Crippen LogP) is 2.51. The van der Waals surface area contributed by atoms with Crippen LogP contribution in [0.2, 0.25) is 0 Å². The number of carbonyl (C=O) groups is 3. The first-order chi connectivity index (χ1) is 12.9. The molecule has 2 N–H and O–H groups in total. The van der Waals surface area contributed by atoms with E-state index in [1.807, 2.05) is 0 Å². The minimum Gasteiger partial charge on any atom is -0.497 e. The highest BCUT2D eigenvalue weighted by molar-refractivity contribution is 9.10. The van der Waals surface area contributed by atoms with E-state index in [-0.39, 0.29) is 17.9 Å². The van der Waals surface area contributed by atoms with Gasteiger partial charge in [-0.3, -0.25) is 9.59 Å². The molecule has 0 heterocycles. The Labute approximate surface area is 163 Å². The number of halogens is 2. The van der Waals surface area contributed by atoms with Crippen molar-refractivity contribution in [3.8, 4) is 5.75 Å². The number of nitrogens with one attached hydrogen (secondary N) is 2. The standard InChI is InChI=1S/C18H16BrFN2O5/c1-26-11-6-7-12(14(20)8-11)18(25)27-10-17(24)21-9-16(23)22-15-5-3-2-4-13(15)19/h2-8H,9-10H2,1H3,(H,21,24)(H,22,23). The van der Waals surface area contributed by atoms with Crippen LogP contribution in [0.15, 0.2) is 46.9 Å². The van der Waals surface area contributed by atoms with Crippen LogP contribution in [0, 0.1) is 5.82 Å². The summed E-state index contributed by atoms with van der Waals surface area (Å²) in [5.41, 5.74) is 0.230. The molecule has 7 nitrogen and oxygen atoms in total. The lowest BCUT2D eigenvalue weighted by molar-refractivity contribution is -0.126. The van der Waals surface area contributed by atoms with Gasteiger partial charge in [-0.05, 0) is 40.2 Å². The fraction of sp³-hybridized carbons (Fsp3) is 0.167. The van der Waals surface area contributed by atoms with Crippen LogP contribution in [0.3, 0.4) is 0 Å². The van der Waals surface area contributed by atoms with E-state index in [1.54, 1.807) is 24.3 Å². The molecule has 142 valence electrons. The largest absolute Gasteiger partial charge is 0.497 e. The van der Waals surface area contributed by atoms with E-state index in [4.69, 9.17) is 9.47 Å². The Morgan fingerprint density at radius 1 is 1.11 bits per heavy atom. The summed E-state index contributed by atoms with van der Waals surface area (Å²) in [5, 5.41) is 4.91. The van der Waals surface area contributed by atoms with Crippen molar-refractivity contribution in [2.24, 2.45) is 0 Å². The Hall–Kier alpha value is -2.94. The van der Waals surface area contributed by atoms with Crippen LogP contribution < -0.4 is 15.4 Å². The topological polar surface area (TPSA) is 93.7 Å². The Morgan fingerprint density at radius 2 is 1.85 bits per heavy atom. The first kappa shape index (κ1) is 20.4. The van der Waals surface area contributed by atoms with Gasteiger partial charge in [0.1, 0.15) is 11.6 Å². The van der Waals surface area contributed by atoms with Crippen molar-refractivity contribution in [1.82, 2.24) is 5.32 Å². The van der Waals surface area contributed by atoms with Crippen molar-refractivity contribution in [2.75, 3.05) is 25.6 Å². The molecule has 27 heavy (non-hydrogen) atoms. The van der Waals surface area contributed by atoms with Crippen LogP contribution in [0.25, 0.3) is 0 Å². The summed E-state index contributed by atoms with van der Waals surface area (Å²) in [7, 11) is 1.36. The molecule has 0 aliphatic carbocycles. The maximum Gasteiger partial charge on any atom is 0.341 e. The van der Waals surface area contributed by atoms with Gasteiger partial charge in [-0.1, -0.05) is 12.1 Å². The van der Waals surface area contributed by atoms with Gasteiger partial charge in [-0.25, -0.2) is 9.18 Å². The van der Waals surface area contributed by atoms with E-state index in [1.165, 1.54) is 19.2 Å². The highest BCUT2D eigenvalue weighted by atomic mass is 79.9. The molecule has 2 rings (SSSR count). The number of esters is 1. The van der Waals surface area contributed by atoms with Crippen molar-refractivity contribution in [3.63, 3.8) is 0 Å². The smallest absolute Gasteiger partial charge is 0.341 e. The highest BCUT2D eigenvalue weighted by Crippen LogP contribution is 2.20. The summed E-state index contributed by atoms with van der Waals surface area (Å²) in [4.78, 5) is 35.3. The zero-order chi connectivity index (χ0) is 19.8. The number of anilines is 1. The molecule has 2 aromatic carbocycles. The molecule has 0 spiro atoms. The number of para-hydroxylation sites is 1. The van der Waals surface area contributed by atoms with E-state index in [9.17, 15) is 18.8 Å². The zero-order valence-electron chi connectivity index (χ0n) is 14.3. The molecule has 9 heteroatoms. The molecule has 0 saturated heterocycles. The van der Waals surface area contributed by atoms with E-state index >= 15 is 0 Å². The maximum absolute atomic E-state index is 13.8. The van der Waals surface area contributed by atoms with Crippen LogP contribution >= 0.6 is 15.9 Å². The second kappa shape index (κ2) is 9.67.